The molecule has 6 rings (SSSR count). The summed E-state index contributed by atoms with van der Waals surface area (Å²) in [5.74, 6) is -2.56. The molecule has 9 nitrogen and oxygen atoms in total. The molecular weight excluding hydrogens is 504 g/mol. The van der Waals surface area contributed by atoms with Crippen molar-refractivity contribution in [1.29, 1.82) is 0 Å². The maximum Gasteiger partial charge on any atom is 0.273 e. The van der Waals surface area contributed by atoms with Crippen molar-refractivity contribution < 1.29 is 18.4 Å². The van der Waals surface area contributed by atoms with E-state index in [1.165, 1.54) is 25.1 Å². The van der Waals surface area contributed by atoms with Gasteiger partial charge in [-0.2, -0.15) is 0 Å². The fourth-order valence-electron chi connectivity index (χ4n) is 5.96. The molecule has 2 N–H and O–H groups in total. The normalized spacial score (nSPS) is 22.9. The van der Waals surface area contributed by atoms with E-state index in [0.29, 0.717) is 19.0 Å². The van der Waals surface area contributed by atoms with Crippen LogP contribution in [-0.2, 0) is 10.3 Å². The molecule has 2 aromatic heterocycles. The highest BCUT2D eigenvalue weighted by Crippen LogP contribution is 2.45. The first-order valence-electron chi connectivity index (χ1n) is 13.6. The number of halogens is 2. The highest BCUT2D eigenvalue weighted by atomic mass is 19.1. The zero-order chi connectivity index (χ0) is 27.0. The Morgan fingerprint density at radius 3 is 2.59 bits per heavy atom. The molecule has 3 aromatic rings. The Morgan fingerprint density at radius 2 is 1.87 bits per heavy atom. The van der Waals surface area contributed by atoms with Crippen molar-refractivity contribution in [3.63, 3.8) is 0 Å². The highest BCUT2D eigenvalue weighted by Gasteiger charge is 2.49. The molecule has 1 aromatic carbocycles. The van der Waals surface area contributed by atoms with Gasteiger partial charge in [0, 0.05) is 37.4 Å². The van der Waals surface area contributed by atoms with Crippen LogP contribution in [0.15, 0.2) is 48.8 Å². The number of aromatic nitrogens is 4. The van der Waals surface area contributed by atoms with E-state index < -0.39 is 35.0 Å². The van der Waals surface area contributed by atoms with E-state index in [9.17, 15) is 18.4 Å². The zero-order valence-corrected chi connectivity index (χ0v) is 21.5. The number of hydrogen-bond donors (Lipinski definition) is 2. The summed E-state index contributed by atoms with van der Waals surface area (Å²) in [5.41, 5.74) is 0.370. The second-order valence-electron chi connectivity index (χ2n) is 10.8. The Kier molecular flexibility index (Phi) is 6.84. The van der Waals surface area contributed by atoms with Crippen LogP contribution in [0.4, 0.5) is 8.78 Å². The molecule has 39 heavy (non-hydrogen) atoms. The lowest BCUT2D eigenvalue weighted by atomic mass is 9.89. The molecule has 11 heteroatoms. The Labute approximate surface area is 225 Å². The lowest BCUT2D eigenvalue weighted by Gasteiger charge is -2.41. The van der Waals surface area contributed by atoms with Gasteiger partial charge in [-0.05, 0) is 56.4 Å². The lowest BCUT2D eigenvalue weighted by molar-refractivity contribution is -0.129. The molecule has 2 amide bonds. The van der Waals surface area contributed by atoms with Gasteiger partial charge < -0.3 is 10.6 Å². The van der Waals surface area contributed by atoms with Crippen molar-refractivity contribution in [2.75, 3.05) is 13.1 Å². The standard InChI is InChI=1S/C28H31F2N7O2/c29-18-8-9-24(21(30)15-18)37-17-23(34-35-37)27(39)32-22-10-14-36(19-5-1-2-6-19)16-20(22)26(38)33-28(11-12-28)25-7-3-4-13-31-25/h3-4,7-9,13,15,17,19-20,22H,1-2,5-6,10-12,14,16H2,(H,32,39)(H,33,38)/t20-,22-/m1/s1. The molecule has 2 saturated carbocycles. The maximum absolute atomic E-state index is 14.2. The average Bonchev–Trinajstić information content (AvgIpc) is 3.31. The van der Waals surface area contributed by atoms with Gasteiger partial charge in [0.2, 0.25) is 5.91 Å². The minimum absolute atomic E-state index is 0.0109. The first kappa shape index (κ1) is 25.5. The molecule has 204 valence electrons. The predicted molar refractivity (Wildman–Crippen MR) is 138 cm³/mol. The number of rotatable bonds is 7. The topological polar surface area (TPSA) is 105 Å². The van der Waals surface area contributed by atoms with E-state index in [1.54, 1.807) is 6.20 Å². The summed E-state index contributed by atoms with van der Waals surface area (Å²) in [6.07, 6.45) is 9.98. The first-order chi connectivity index (χ1) is 18.9. The molecule has 3 fully saturated rings. The second-order valence-corrected chi connectivity index (χ2v) is 10.8. The van der Waals surface area contributed by atoms with Gasteiger partial charge >= 0.3 is 0 Å². The number of piperidine rings is 1. The largest absolute Gasteiger partial charge is 0.347 e. The van der Waals surface area contributed by atoms with Crippen molar-refractivity contribution in [3.8, 4) is 5.69 Å². The molecule has 0 radical (unpaired) electrons. The number of likely N-dealkylation sites (tertiary alicyclic amines) is 1. The fraction of sp³-hybridized carbons (Fsp3) is 0.464. The van der Waals surface area contributed by atoms with E-state index in [2.05, 4.69) is 30.8 Å². The van der Waals surface area contributed by atoms with Crippen molar-refractivity contribution in [1.82, 2.24) is 35.5 Å². The Bertz CT molecular complexity index is 1350. The molecule has 2 atom stereocenters. The van der Waals surface area contributed by atoms with Crippen LogP contribution in [-0.4, -0.2) is 61.9 Å². The molecular formula is C28H31F2N7O2. The van der Waals surface area contributed by atoms with Crippen LogP contribution >= 0.6 is 0 Å². The quantitative estimate of drug-likeness (QED) is 0.482. The number of benzene rings is 1. The summed E-state index contributed by atoms with van der Waals surface area (Å²) >= 11 is 0. The van der Waals surface area contributed by atoms with E-state index in [0.717, 1.165) is 54.7 Å². The molecule has 0 bridgehead atoms. The Morgan fingerprint density at radius 1 is 1.05 bits per heavy atom. The van der Waals surface area contributed by atoms with E-state index in [4.69, 9.17) is 0 Å². The van der Waals surface area contributed by atoms with Crippen molar-refractivity contribution in [3.05, 3.63) is 71.8 Å². The third-order valence-corrected chi connectivity index (χ3v) is 8.29. The van der Waals surface area contributed by atoms with Gasteiger partial charge in [0.05, 0.1) is 23.3 Å². The summed E-state index contributed by atoms with van der Waals surface area (Å²) in [5, 5.41) is 14.0. The van der Waals surface area contributed by atoms with Crippen molar-refractivity contribution in [2.45, 2.75) is 62.6 Å². The summed E-state index contributed by atoms with van der Waals surface area (Å²) in [4.78, 5) is 33.8. The van der Waals surface area contributed by atoms with Crippen LogP contribution in [0.1, 0.15) is 61.1 Å². The Balaban J connectivity index is 1.19. The number of amides is 2. The molecule has 1 aliphatic heterocycles. The van der Waals surface area contributed by atoms with Crippen LogP contribution in [0.3, 0.4) is 0 Å². The molecule has 2 aliphatic carbocycles. The Hall–Kier alpha value is -3.73. The molecule has 3 heterocycles. The lowest BCUT2D eigenvalue weighted by Crippen LogP contribution is -2.58. The van der Waals surface area contributed by atoms with Crippen LogP contribution in [0.5, 0.6) is 0 Å². The highest BCUT2D eigenvalue weighted by molar-refractivity contribution is 5.93. The number of hydrogen-bond acceptors (Lipinski definition) is 6. The zero-order valence-electron chi connectivity index (χ0n) is 21.5. The molecule has 3 aliphatic rings. The van der Waals surface area contributed by atoms with Crippen LogP contribution < -0.4 is 10.6 Å². The summed E-state index contributed by atoms with van der Waals surface area (Å²) in [6, 6.07) is 8.87. The summed E-state index contributed by atoms with van der Waals surface area (Å²) < 4.78 is 28.6. The minimum Gasteiger partial charge on any atom is -0.347 e. The van der Waals surface area contributed by atoms with Crippen molar-refractivity contribution >= 4 is 11.8 Å². The minimum atomic E-state index is -0.815. The van der Waals surface area contributed by atoms with Gasteiger partial charge in [0.15, 0.2) is 11.5 Å². The molecule has 1 saturated heterocycles. The van der Waals surface area contributed by atoms with Gasteiger partial charge in [-0.1, -0.05) is 24.1 Å². The maximum atomic E-state index is 14.2. The second kappa shape index (κ2) is 10.4. The predicted octanol–water partition coefficient (Wildman–Crippen LogP) is 3.11. The summed E-state index contributed by atoms with van der Waals surface area (Å²) in [7, 11) is 0. The molecule has 0 spiro atoms. The summed E-state index contributed by atoms with van der Waals surface area (Å²) in [6.45, 7) is 1.35. The van der Waals surface area contributed by atoms with E-state index in [-0.39, 0.29) is 17.3 Å². The third kappa shape index (κ3) is 5.27. The van der Waals surface area contributed by atoms with Gasteiger partial charge in [-0.3, -0.25) is 19.5 Å². The number of carbonyl (C=O) groups is 2. The smallest absolute Gasteiger partial charge is 0.273 e. The average molecular weight is 536 g/mol. The van der Waals surface area contributed by atoms with Crippen LogP contribution in [0.25, 0.3) is 5.69 Å². The molecule has 0 unspecified atom stereocenters. The first-order valence-corrected chi connectivity index (χ1v) is 13.6. The van der Waals surface area contributed by atoms with E-state index in [1.807, 2.05) is 18.2 Å². The number of carbonyl (C=O) groups excluding carboxylic acids is 2. The number of pyridine rings is 1. The van der Waals surface area contributed by atoms with Gasteiger partial charge in [0.25, 0.3) is 5.91 Å². The fourth-order valence-corrected chi connectivity index (χ4v) is 5.96. The van der Waals surface area contributed by atoms with Gasteiger partial charge in [0.1, 0.15) is 11.5 Å². The number of nitrogens with zero attached hydrogens (tertiary/aromatic N) is 5. The van der Waals surface area contributed by atoms with Crippen molar-refractivity contribution in [2.24, 2.45) is 5.92 Å². The van der Waals surface area contributed by atoms with Gasteiger partial charge in [-0.25, -0.2) is 13.5 Å². The third-order valence-electron chi connectivity index (χ3n) is 8.29. The van der Waals surface area contributed by atoms with E-state index >= 15 is 0 Å². The van der Waals surface area contributed by atoms with Gasteiger partial charge in [-0.15, -0.1) is 5.10 Å². The monoisotopic (exact) mass is 535 g/mol. The number of nitrogens with one attached hydrogen (secondary N) is 2. The van der Waals surface area contributed by atoms with Crippen LogP contribution in [0.2, 0.25) is 0 Å². The SMILES string of the molecule is O=C(N[C@@H]1CCN(C2CCCC2)C[C@H]1C(=O)NC1(c2ccccn2)CC1)c1cn(-c2ccc(F)cc2F)nn1. The van der Waals surface area contributed by atoms with Crippen LogP contribution in [0, 0.1) is 17.6 Å².